The lowest BCUT2D eigenvalue weighted by Crippen LogP contribution is -2.12. The van der Waals surface area contributed by atoms with Crippen LogP contribution < -0.4 is 4.74 Å². The second kappa shape index (κ2) is 8.69. The van der Waals surface area contributed by atoms with Gasteiger partial charge < -0.3 is 9.30 Å². The van der Waals surface area contributed by atoms with E-state index in [1.165, 1.54) is 23.9 Å². The molecule has 0 saturated carbocycles. The molecule has 5 nitrogen and oxygen atoms in total. The smallest absolute Gasteiger partial charge is 0.191 e. The molecule has 27 heavy (non-hydrogen) atoms. The largest absolute Gasteiger partial charge is 0.483 e. The van der Waals surface area contributed by atoms with Gasteiger partial charge >= 0.3 is 0 Å². The number of benzene rings is 2. The molecule has 0 saturated heterocycles. The molecule has 7 heteroatoms. The molecule has 3 aromatic rings. The molecule has 0 N–H and O–H groups in total. The summed E-state index contributed by atoms with van der Waals surface area (Å²) >= 11 is 1.53. The first kappa shape index (κ1) is 18.9. The molecule has 0 aliphatic carbocycles. The first-order valence-corrected chi connectivity index (χ1v) is 9.57. The highest BCUT2D eigenvalue weighted by Gasteiger charge is 2.19. The number of aromatic nitrogens is 3. The van der Waals surface area contributed by atoms with Gasteiger partial charge in [0, 0.05) is 12.3 Å². The molecule has 0 amide bonds. The summed E-state index contributed by atoms with van der Waals surface area (Å²) in [6.45, 7) is 4.60. The van der Waals surface area contributed by atoms with Crippen molar-refractivity contribution >= 4 is 11.8 Å². The zero-order valence-corrected chi connectivity index (χ0v) is 15.9. The van der Waals surface area contributed by atoms with Crippen LogP contribution in [0.4, 0.5) is 4.39 Å². The van der Waals surface area contributed by atoms with Crippen molar-refractivity contribution in [3.05, 3.63) is 71.3 Å². The van der Waals surface area contributed by atoms with E-state index in [-0.39, 0.29) is 11.9 Å². The first-order valence-electron chi connectivity index (χ1n) is 8.58. The number of nitriles is 1. The van der Waals surface area contributed by atoms with Crippen molar-refractivity contribution in [2.45, 2.75) is 37.4 Å². The van der Waals surface area contributed by atoms with Crippen LogP contribution in [0.5, 0.6) is 5.75 Å². The number of hydrogen-bond donors (Lipinski definition) is 0. The van der Waals surface area contributed by atoms with Gasteiger partial charge in [0.05, 0.1) is 11.6 Å². The van der Waals surface area contributed by atoms with Crippen molar-refractivity contribution in [2.75, 3.05) is 0 Å². The summed E-state index contributed by atoms with van der Waals surface area (Å²) in [5.41, 5.74) is 1.63. The van der Waals surface area contributed by atoms with E-state index in [0.29, 0.717) is 29.4 Å². The number of thioether (sulfide) groups is 1. The molecule has 0 aliphatic heterocycles. The summed E-state index contributed by atoms with van der Waals surface area (Å²) in [5, 5.41) is 18.6. The molecule has 0 aliphatic rings. The van der Waals surface area contributed by atoms with Crippen LogP contribution in [0.25, 0.3) is 0 Å². The Kier molecular flexibility index (Phi) is 6.09. The highest BCUT2D eigenvalue weighted by atomic mass is 32.2. The van der Waals surface area contributed by atoms with Gasteiger partial charge in [0.25, 0.3) is 0 Å². The fourth-order valence-electron chi connectivity index (χ4n) is 2.67. The Bertz CT molecular complexity index is 949. The van der Waals surface area contributed by atoms with E-state index in [9.17, 15) is 9.65 Å². The van der Waals surface area contributed by atoms with Crippen molar-refractivity contribution in [1.82, 2.24) is 14.8 Å². The van der Waals surface area contributed by atoms with E-state index in [1.807, 2.05) is 42.7 Å². The van der Waals surface area contributed by atoms with Gasteiger partial charge in [-0.25, -0.2) is 4.39 Å². The van der Waals surface area contributed by atoms with Crippen LogP contribution in [-0.4, -0.2) is 14.8 Å². The predicted octanol–water partition coefficient (Wildman–Crippen LogP) is 4.74. The number of nitrogens with zero attached hydrogens (tertiary/aromatic N) is 4. The van der Waals surface area contributed by atoms with Crippen LogP contribution in [0.1, 0.15) is 36.9 Å². The Morgan fingerprint density at radius 2 is 1.93 bits per heavy atom. The van der Waals surface area contributed by atoms with Gasteiger partial charge in [0.15, 0.2) is 17.1 Å². The molecule has 1 atom stereocenters. The quantitative estimate of drug-likeness (QED) is 0.552. The topological polar surface area (TPSA) is 63.7 Å². The van der Waals surface area contributed by atoms with E-state index in [4.69, 9.17) is 4.74 Å². The second-order valence-corrected chi connectivity index (χ2v) is 6.80. The third kappa shape index (κ3) is 4.47. The standard InChI is InChI=1S/C20H19FN4OS/c1-3-25-19(14(2)26-18-10-8-17(21)9-11-18)23-24-20(25)27-13-16-7-5-4-6-15(16)12-22/h4-11,14H,3,13H2,1-2H3. The van der Waals surface area contributed by atoms with E-state index in [2.05, 4.69) is 16.3 Å². The highest BCUT2D eigenvalue weighted by molar-refractivity contribution is 7.98. The van der Waals surface area contributed by atoms with E-state index in [0.717, 1.165) is 10.7 Å². The van der Waals surface area contributed by atoms with E-state index < -0.39 is 0 Å². The van der Waals surface area contributed by atoms with Gasteiger partial charge in [-0.3, -0.25) is 0 Å². The lowest BCUT2D eigenvalue weighted by molar-refractivity contribution is 0.209. The summed E-state index contributed by atoms with van der Waals surface area (Å²) in [4.78, 5) is 0. The maximum atomic E-state index is 13.0. The van der Waals surface area contributed by atoms with Crippen LogP contribution in [0.15, 0.2) is 53.7 Å². The molecule has 0 spiro atoms. The first-order chi connectivity index (χ1) is 13.1. The lowest BCUT2D eigenvalue weighted by atomic mass is 10.1. The zero-order valence-electron chi connectivity index (χ0n) is 15.1. The Balaban J connectivity index is 1.74. The van der Waals surface area contributed by atoms with Crippen LogP contribution >= 0.6 is 11.8 Å². The third-order valence-corrected chi connectivity index (χ3v) is 5.06. The van der Waals surface area contributed by atoms with Crippen LogP contribution in [-0.2, 0) is 12.3 Å². The monoisotopic (exact) mass is 382 g/mol. The summed E-state index contributed by atoms with van der Waals surface area (Å²) in [7, 11) is 0. The Hall–Kier alpha value is -2.85. The molecule has 2 aromatic carbocycles. The maximum Gasteiger partial charge on any atom is 0.191 e. The molecule has 1 heterocycles. The minimum absolute atomic E-state index is 0.303. The fraction of sp³-hybridized carbons (Fsp3) is 0.250. The van der Waals surface area contributed by atoms with Crippen molar-refractivity contribution < 1.29 is 9.13 Å². The Morgan fingerprint density at radius 3 is 2.63 bits per heavy atom. The molecular weight excluding hydrogens is 363 g/mol. The number of halogens is 1. The van der Waals surface area contributed by atoms with Gasteiger partial charge in [0.1, 0.15) is 11.6 Å². The fourth-order valence-corrected chi connectivity index (χ4v) is 3.69. The predicted molar refractivity (Wildman–Crippen MR) is 102 cm³/mol. The average Bonchev–Trinajstić information content (AvgIpc) is 3.11. The second-order valence-electron chi connectivity index (χ2n) is 5.86. The van der Waals surface area contributed by atoms with Crippen molar-refractivity contribution in [3.8, 4) is 11.8 Å². The lowest BCUT2D eigenvalue weighted by Gasteiger charge is -2.15. The van der Waals surface area contributed by atoms with Gasteiger partial charge in [-0.15, -0.1) is 10.2 Å². The Morgan fingerprint density at radius 1 is 1.19 bits per heavy atom. The summed E-state index contributed by atoms with van der Waals surface area (Å²) in [6.07, 6.45) is -0.330. The minimum Gasteiger partial charge on any atom is -0.483 e. The summed E-state index contributed by atoms with van der Waals surface area (Å²) in [6, 6.07) is 15.6. The van der Waals surface area contributed by atoms with Crippen LogP contribution in [0.3, 0.4) is 0 Å². The van der Waals surface area contributed by atoms with Gasteiger partial charge in [-0.2, -0.15) is 5.26 Å². The number of hydrogen-bond acceptors (Lipinski definition) is 5. The zero-order chi connectivity index (χ0) is 19.2. The molecule has 0 radical (unpaired) electrons. The summed E-state index contributed by atoms with van der Waals surface area (Å²) in [5.74, 6) is 1.61. The molecule has 1 aromatic heterocycles. The molecule has 0 bridgehead atoms. The SMILES string of the molecule is CCn1c(SCc2ccccc2C#N)nnc1C(C)Oc1ccc(F)cc1. The minimum atomic E-state index is -0.330. The van der Waals surface area contributed by atoms with E-state index >= 15 is 0 Å². The van der Waals surface area contributed by atoms with Crippen molar-refractivity contribution in [1.29, 1.82) is 5.26 Å². The van der Waals surface area contributed by atoms with E-state index in [1.54, 1.807) is 12.1 Å². The maximum absolute atomic E-state index is 13.0. The Labute approximate surface area is 161 Å². The summed E-state index contributed by atoms with van der Waals surface area (Å²) < 4.78 is 20.9. The molecule has 1 unspecified atom stereocenters. The van der Waals surface area contributed by atoms with Gasteiger partial charge in [0.2, 0.25) is 0 Å². The number of rotatable bonds is 7. The average molecular weight is 382 g/mol. The normalized spacial score (nSPS) is 11.8. The molecular formula is C20H19FN4OS. The molecule has 138 valence electrons. The van der Waals surface area contributed by atoms with Gasteiger partial charge in [-0.05, 0) is 49.7 Å². The van der Waals surface area contributed by atoms with Crippen molar-refractivity contribution in [2.24, 2.45) is 0 Å². The molecule has 3 rings (SSSR count). The van der Waals surface area contributed by atoms with Crippen LogP contribution in [0.2, 0.25) is 0 Å². The number of ether oxygens (including phenoxy) is 1. The molecule has 0 fully saturated rings. The van der Waals surface area contributed by atoms with Crippen molar-refractivity contribution in [3.63, 3.8) is 0 Å². The van der Waals surface area contributed by atoms with Gasteiger partial charge in [-0.1, -0.05) is 30.0 Å². The third-order valence-electron chi connectivity index (χ3n) is 4.05. The highest BCUT2D eigenvalue weighted by Crippen LogP contribution is 2.27. The van der Waals surface area contributed by atoms with Crippen LogP contribution in [0, 0.1) is 17.1 Å².